The Morgan fingerprint density at radius 3 is 2.78 bits per heavy atom. The van der Waals surface area contributed by atoms with Crippen molar-refractivity contribution in [3.8, 4) is 28.1 Å². The summed E-state index contributed by atoms with van der Waals surface area (Å²) in [4.78, 5) is 36.3. The molecular weight excluding hydrogens is 671 g/mol. The molecule has 0 saturated carbocycles. The normalized spacial score (nSPS) is 16.1. The molecule has 2 aromatic heterocycles. The number of aromatic nitrogens is 3. The standard InChI is InChI=1S/C36H39ClF3N7O3/c1-21-25(5-3-6-27(21)45-35(49)34-44-28-20-47(15-4-13-38)16-12-29(28)46(34)2)26-11-14-42-33(32(26)37)22-7-8-23(30(17-22)50-36(39)40)18-41-19-24-9-10-31(48)43-24/h3,5-8,11,14,17,24,36,41H,4,9-10,12-13,15-16,18-20H2,1-2H3,(H,43,48)(H,45,49)/t24-/m0/s1. The molecule has 3 N–H and O–H groups in total. The molecule has 2 aromatic carbocycles. The molecule has 0 unspecified atom stereocenters. The average Bonchev–Trinajstić information content (AvgIpc) is 3.67. The number of nitrogens with zero attached hydrogens (tertiary/aromatic N) is 4. The summed E-state index contributed by atoms with van der Waals surface area (Å²) in [7, 11) is 1.83. The van der Waals surface area contributed by atoms with Crippen LogP contribution in [0.25, 0.3) is 22.4 Å². The first-order valence-corrected chi connectivity index (χ1v) is 17.0. The van der Waals surface area contributed by atoms with Crippen molar-refractivity contribution in [3.63, 3.8) is 0 Å². The van der Waals surface area contributed by atoms with Gasteiger partial charge in [0, 0.05) is 92.9 Å². The van der Waals surface area contributed by atoms with Gasteiger partial charge in [-0.1, -0.05) is 35.9 Å². The molecule has 2 aliphatic rings. The van der Waals surface area contributed by atoms with Crippen LogP contribution >= 0.6 is 11.6 Å². The second-order valence-electron chi connectivity index (χ2n) is 12.5. The number of benzene rings is 2. The quantitative estimate of drug-likeness (QED) is 0.155. The van der Waals surface area contributed by atoms with E-state index in [0.717, 1.165) is 41.9 Å². The summed E-state index contributed by atoms with van der Waals surface area (Å²) in [6.45, 7) is 1.24. The van der Waals surface area contributed by atoms with E-state index >= 15 is 0 Å². The Labute approximate surface area is 293 Å². The Kier molecular flexibility index (Phi) is 11.0. The van der Waals surface area contributed by atoms with E-state index in [-0.39, 0.29) is 36.8 Å². The van der Waals surface area contributed by atoms with Crippen molar-refractivity contribution in [2.45, 2.75) is 58.3 Å². The highest BCUT2D eigenvalue weighted by Gasteiger charge is 2.26. The van der Waals surface area contributed by atoms with Crippen molar-refractivity contribution in [3.05, 3.63) is 82.0 Å². The van der Waals surface area contributed by atoms with Gasteiger partial charge in [-0.3, -0.25) is 23.9 Å². The van der Waals surface area contributed by atoms with Crippen LogP contribution in [0, 0.1) is 6.92 Å². The molecule has 0 spiro atoms. The van der Waals surface area contributed by atoms with Gasteiger partial charge < -0.3 is 25.3 Å². The number of halogens is 4. The highest BCUT2D eigenvalue weighted by Crippen LogP contribution is 2.39. The van der Waals surface area contributed by atoms with Gasteiger partial charge in [0.15, 0.2) is 5.82 Å². The van der Waals surface area contributed by atoms with Crippen LogP contribution in [0.15, 0.2) is 48.7 Å². The van der Waals surface area contributed by atoms with Crippen molar-refractivity contribution < 1.29 is 27.5 Å². The predicted molar refractivity (Wildman–Crippen MR) is 185 cm³/mol. The summed E-state index contributed by atoms with van der Waals surface area (Å²) in [5.41, 5.74) is 5.95. The fourth-order valence-corrected chi connectivity index (χ4v) is 6.94. The predicted octanol–water partition coefficient (Wildman–Crippen LogP) is 6.05. The second kappa shape index (κ2) is 15.6. The minimum absolute atomic E-state index is 0.00379. The van der Waals surface area contributed by atoms with Crippen LogP contribution in [-0.4, -0.2) is 70.2 Å². The number of carbonyl (C=O) groups excluding carboxylic acids is 2. The number of amides is 2. The molecule has 0 aliphatic carbocycles. The first-order chi connectivity index (χ1) is 24.1. The molecule has 2 aliphatic heterocycles. The molecule has 1 saturated heterocycles. The third kappa shape index (κ3) is 7.79. The Morgan fingerprint density at radius 1 is 1.18 bits per heavy atom. The van der Waals surface area contributed by atoms with Crippen LogP contribution in [0.5, 0.6) is 5.75 Å². The summed E-state index contributed by atoms with van der Waals surface area (Å²) < 4.78 is 46.3. The highest BCUT2D eigenvalue weighted by atomic mass is 35.5. The molecule has 264 valence electrons. The lowest BCUT2D eigenvalue weighted by atomic mass is 9.97. The van der Waals surface area contributed by atoms with Crippen LogP contribution < -0.4 is 20.7 Å². The lowest BCUT2D eigenvalue weighted by molar-refractivity contribution is -0.119. The number of carbonyl (C=O) groups is 2. The number of rotatable bonds is 13. The molecule has 2 amide bonds. The van der Waals surface area contributed by atoms with Gasteiger partial charge in [-0.05, 0) is 49.1 Å². The molecule has 10 nitrogen and oxygen atoms in total. The summed E-state index contributed by atoms with van der Waals surface area (Å²) in [6, 6.07) is 12.2. The van der Waals surface area contributed by atoms with Gasteiger partial charge in [-0.2, -0.15) is 8.78 Å². The van der Waals surface area contributed by atoms with Crippen LogP contribution in [0.2, 0.25) is 5.02 Å². The van der Waals surface area contributed by atoms with Gasteiger partial charge in [0.05, 0.1) is 23.1 Å². The van der Waals surface area contributed by atoms with Gasteiger partial charge in [-0.15, -0.1) is 0 Å². The maximum atomic E-state index is 13.5. The highest BCUT2D eigenvalue weighted by molar-refractivity contribution is 6.35. The SMILES string of the molecule is Cc1c(NC(=O)c2nc3c(n2C)CCN(CCCF)C3)cccc1-c1ccnc(-c2ccc(CNC[C@@H]3CCC(=O)N3)c(OC(F)F)c2)c1Cl. The van der Waals surface area contributed by atoms with Crippen LogP contribution in [0.1, 0.15) is 52.4 Å². The summed E-state index contributed by atoms with van der Waals surface area (Å²) >= 11 is 6.97. The lowest BCUT2D eigenvalue weighted by Gasteiger charge is -2.26. The molecule has 50 heavy (non-hydrogen) atoms. The molecule has 0 radical (unpaired) electrons. The van der Waals surface area contributed by atoms with Gasteiger partial charge in [0.1, 0.15) is 5.75 Å². The van der Waals surface area contributed by atoms with E-state index in [4.69, 9.17) is 16.3 Å². The molecule has 1 atom stereocenters. The number of hydrogen-bond donors (Lipinski definition) is 3. The Hall–Kier alpha value is -4.46. The third-order valence-electron chi connectivity index (χ3n) is 9.26. The van der Waals surface area contributed by atoms with Crippen LogP contribution in [-0.2, 0) is 31.4 Å². The minimum atomic E-state index is -3.04. The van der Waals surface area contributed by atoms with E-state index in [1.165, 1.54) is 6.07 Å². The Bertz CT molecular complexity index is 1890. The average molecular weight is 710 g/mol. The van der Waals surface area contributed by atoms with Gasteiger partial charge >= 0.3 is 6.61 Å². The fourth-order valence-electron chi connectivity index (χ4n) is 6.62. The number of pyridine rings is 1. The van der Waals surface area contributed by atoms with Gasteiger partial charge in [0.2, 0.25) is 5.91 Å². The molecule has 4 heterocycles. The van der Waals surface area contributed by atoms with Crippen LogP contribution in [0.3, 0.4) is 0 Å². The molecule has 14 heteroatoms. The molecule has 4 aromatic rings. The smallest absolute Gasteiger partial charge is 0.387 e. The number of anilines is 1. The minimum Gasteiger partial charge on any atom is -0.434 e. The third-order valence-corrected chi connectivity index (χ3v) is 9.64. The molecule has 1 fully saturated rings. The number of fused-ring (bicyclic) bond motifs is 1. The summed E-state index contributed by atoms with van der Waals surface area (Å²) in [5.74, 6) is -0.0626. The monoisotopic (exact) mass is 709 g/mol. The first-order valence-electron chi connectivity index (χ1n) is 16.6. The van der Waals surface area contributed by atoms with Crippen molar-refractivity contribution in [2.75, 3.05) is 31.6 Å². The van der Waals surface area contributed by atoms with Crippen molar-refractivity contribution in [1.82, 2.24) is 30.1 Å². The number of imidazole rings is 1. The Balaban J connectivity index is 1.22. The zero-order valence-corrected chi connectivity index (χ0v) is 28.6. The van der Waals surface area contributed by atoms with Gasteiger partial charge in [0.25, 0.3) is 5.91 Å². The van der Waals surface area contributed by atoms with Crippen molar-refractivity contribution in [1.29, 1.82) is 0 Å². The van der Waals surface area contributed by atoms with E-state index in [2.05, 4.69) is 30.8 Å². The first kappa shape index (κ1) is 35.4. The largest absolute Gasteiger partial charge is 0.434 e. The van der Waals surface area contributed by atoms with Crippen molar-refractivity contribution in [2.24, 2.45) is 7.05 Å². The summed E-state index contributed by atoms with van der Waals surface area (Å²) in [5, 5.41) is 9.40. The topological polar surface area (TPSA) is 113 Å². The second-order valence-corrected chi connectivity index (χ2v) is 12.9. The van der Waals surface area contributed by atoms with Gasteiger partial charge in [-0.25, -0.2) is 4.98 Å². The zero-order chi connectivity index (χ0) is 35.4. The zero-order valence-electron chi connectivity index (χ0n) is 27.9. The number of nitrogens with one attached hydrogen (secondary N) is 3. The van der Waals surface area contributed by atoms with E-state index in [1.807, 2.05) is 30.7 Å². The maximum absolute atomic E-state index is 13.5. The lowest BCUT2D eigenvalue weighted by Crippen LogP contribution is -2.35. The van der Waals surface area contributed by atoms with E-state index < -0.39 is 6.61 Å². The van der Waals surface area contributed by atoms with E-state index in [0.29, 0.717) is 71.4 Å². The fraction of sp³-hybridized carbons (Fsp3) is 0.389. The maximum Gasteiger partial charge on any atom is 0.387 e. The van der Waals surface area contributed by atoms with E-state index in [1.54, 1.807) is 30.5 Å². The molecule has 0 bridgehead atoms. The molecular formula is C36H39ClF3N7O3. The number of ether oxygens (including phenoxy) is 1. The van der Waals surface area contributed by atoms with Crippen LogP contribution in [0.4, 0.5) is 18.9 Å². The Morgan fingerprint density at radius 2 is 2.02 bits per heavy atom. The number of alkyl halides is 3. The van der Waals surface area contributed by atoms with Crippen molar-refractivity contribution >= 4 is 29.1 Å². The number of hydrogen-bond acceptors (Lipinski definition) is 7. The van der Waals surface area contributed by atoms with E-state index in [9.17, 15) is 22.8 Å². The summed E-state index contributed by atoms with van der Waals surface area (Å²) in [6.07, 6.45) is 3.98. The molecule has 6 rings (SSSR count).